The van der Waals surface area contributed by atoms with Crippen molar-refractivity contribution in [3.63, 3.8) is 0 Å². The Morgan fingerprint density at radius 2 is 1.75 bits per heavy atom. The Labute approximate surface area is 147 Å². The van der Waals surface area contributed by atoms with Gasteiger partial charge < -0.3 is 10.2 Å². The number of fused-ring (bicyclic) bond motifs is 1. The first-order valence-corrected chi connectivity index (χ1v) is 8.58. The van der Waals surface area contributed by atoms with E-state index < -0.39 is 11.6 Å². The molecule has 2 unspecified atom stereocenters. The molecule has 3 aliphatic rings. The van der Waals surface area contributed by atoms with Gasteiger partial charge in [-0.1, -0.05) is 6.07 Å². The number of benzene rings is 1. The van der Waals surface area contributed by atoms with Crippen LogP contribution in [0.3, 0.4) is 0 Å². The van der Waals surface area contributed by atoms with Crippen molar-refractivity contribution in [2.24, 2.45) is 17.8 Å². The Balaban J connectivity index is 0.00000169. The largest absolute Gasteiger partial charge is 0.342 e. The first-order valence-electron chi connectivity index (χ1n) is 8.58. The number of nitrogens with zero attached hydrogens (tertiary/aromatic N) is 1. The minimum Gasteiger partial charge on any atom is -0.342 e. The van der Waals surface area contributed by atoms with Gasteiger partial charge in [-0.25, -0.2) is 8.78 Å². The molecule has 0 aromatic heterocycles. The van der Waals surface area contributed by atoms with E-state index in [4.69, 9.17) is 0 Å². The molecule has 1 N–H and O–H groups in total. The minimum atomic E-state index is -0.829. The molecule has 4 atom stereocenters. The zero-order valence-corrected chi connectivity index (χ0v) is 14.3. The average molecular weight is 357 g/mol. The number of hydrogen-bond donors (Lipinski definition) is 1. The first-order chi connectivity index (χ1) is 11.1. The summed E-state index contributed by atoms with van der Waals surface area (Å²) in [6.45, 7) is 3.83. The van der Waals surface area contributed by atoms with E-state index in [0.29, 0.717) is 11.8 Å². The Kier molecular flexibility index (Phi) is 5.11. The fraction of sp³-hybridized carbons (Fsp3) is 0.611. The molecule has 0 spiro atoms. The number of amides is 1. The van der Waals surface area contributed by atoms with Crippen molar-refractivity contribution in [2.45, 2.75) is 25.2 Å². The molecule has 3 nitrogen and oxygen atoms in total. The number of carbonyl (C=O) groups is 1. The molecule has 1 aromatic rings. The lowest BCUT2D eigenvalue weighted by Crippen LogP contribution is -2.34. The highest BCUT2D eigenvalue weighted by molar-refractivity contribution is 5.85. The zero-order chi connectivity index (χ0) is 16.0. The van der Waals surface area contributed by atoms with E-state index in [2.05, 4.69) is 5.32 Å². The molecule has 6 heteroatoms. The monoisotopic (exact) mass is 356 g/mol. The Hall–Kier alpha value is -1.20. The molecule has 1 amide bonds. The first kappa shape index (κ1) is 17.6. The van der Waals surface area contributed by atoms with E-state index in [1.54, 1.807) is 6.07 Å². The van der Waals surface area contributed by atoms with Gasteiger partial charge >= 0.3 is 0 Å². The van der Waals surface area contributed by atoms with Gasteiger partial charge in [0.15, 0.2) is 11.6 Å². The summed E-state index contributed by atoms with van der Waals surface area (Å²) < 4.78 is 26.4. The van der Waals surface area contributed by atoms with E-state index in [9.17, 15) is 13.6 Å². The second kappa shape index (κ2) is 6.96. The molecule has 1 saturated carbocycles. The van der Waals surface area contributed by atoms with Crippen LogP contribution in [0.1, 0.15) is 30.7 Å². The summed E-state index contributed by atoms with van der Waals surface area (Å²) in [5.74, 6) is -0.0331. The van der Waals surface area contributed by atoms with Crippen LogP contribution in [0.5, 0.6) is 0 Å². The maximum absolute atomic E-state index is 13.4. The van der Waals surface area contributed by atoms with Crippen molar-refractivity contribution >= 4 is 18.3 Å². The second-order valence-corrected chi connectivity index (χ2v) is 7.20. The predicted molar refractivity (Wildman–Crippen MR) is 90.1 cm³/mol. The van der Waals surface area contributed by atoms with Crippen LogP contribution in [0.2, 0.25) is 0 Å². The lowest BCUT2D eigenvalue weighted by atomic mass is 9.92. The highest BCUT2D eigenvalue weighted by Crippen LogP contribution is 2.49. The molecule has 2 heterocycles. The van der Waals surface area contributed by atoms with E-state index in [1.807, 2.05) is 4.90 Å². The van der Waals surface area contributed by atoms with Crippen LogP contribution in [0.4, 0.5) is 8.78 Å². The van der Waals surface area contributed by atoms with Gasteiger partial charge in [0, 0.05) is 19.0 Å². The lowest BCUT2D eigenvalue weighted by Gasteiger charge is -2.21. The molecule has 0 radical (unpaired) electrons. The molecule has 2 saturated heterocycles. The molecule has 1 aromatic carbocycles. The van der Waals surface area contributed by atoms with Crippen molar-refractivity contribution in [1.82, 2.24) is 10.2 Å². The third kappa shape index (κ3) is 3.29. The molecule has 1 aliphatic carbocycles. The summed E-state index contributed by atoms with van der Waals surface area (Å²) in [7, 11) is 0. The van der Waals surface area contributed by atoms with Gasteiger partial charge in [0.25, 0.3) is 0 Å². The Bertz CT molecular complexity index is 613. The topological polar surface area (TPSA) is 32.3 Å². The van der Waals surface area contributed by atoms with Crippen LogP contribution in [0.15, 0.2) is 18.2 Å². The third-order valence-corrected chi connectivity index (χ3v) is 5.81. The third-order valence-electron chi connectivity index (χ3n) is 5.81. The quantitative estimate of drug-likeness (QED) is 0.883. The number of nitrogens with one attached hydrogen (secondary N) is 1. The van der Waals surface area contributed by atoms with Crippen LogP contribution in [-0.4, -0.2) is 37.0 Å². The number of likely N-dealkylation sites (tertiary alicyclic amines) is 1. The standard InChI is InChI=1S/C18H22F2N2O.ClH/c19-16-2-1-11(7-17(16)20)14-8-15(14)18(23)22-5-3-12-9-21-10-13(12)4-6-22;/h1-2,7,12-15,21H,3-6,8-10H2;1H/t12-,13+,14?,15?;. The van der Waals surface area contributed by atoms with Crippen LogP contribution in [0.25, 0.3) is 0 Å². The van der Waals surface area contributed by atoms with Gasteiger partial charge in [-0.3, -0.25) is 4.79 Å². The van der Waals surface area contributed by atoms with E-state index in [0.717, 1.165) is 57.1 Å². The normalized spacial score (nSPS) is 31.8. The smallest absolute Gasteiger partial charge is 0.226 e. The van der Waals surface area contributed by atoms with Gasteiger partial charge in [0.05, 0.1) is 0 Å². The van der Waals surface area contributed by atoms with E-state index in [1.165, 1.54) is 6.07 Å². The lowest BCUT2D eigenvalue weighted by molar-refractivity contribution is -0.132. The maximum Gasteiger partial charge on any atom is 0.226 e. The van der Waals surface area contributed by atoms with Crippen molar-refractivity contribution in [3.05, 3.63) is 35.4 Å². The number of halogens is 3. The summed E-state index contributed by atoms with van der Waals surface area (Å²) in [6, 6.07) is 4.01. The fourth-order valence-corrected chi connectivity index (χ4v) is 4.25. The van der Waals surface area contributed by atoms with Crippen LogP contribution >= 0.6 is 12.4 Å². The fourth-order valence-electron chi connectivity index (χ4n) is 4.25. The SMILES string of the molecule is Cl.O=C(C1CC1c1ccc(F)c(F)c1)N1CC[C@@H]2CNC[C@@H]2CC1. The highest BCUT2D eigenvalue weighted by Gasteiger charge is 2.46. The van der Waals surface area contributed by atoms with Crippen LogP contribution < -0.4 is 5.32 Å². The summed E-state index contributed by atoms with van der Waals surface area (Å²) in [6.07, 6.45) is 2.91. The number of carbonyl (C=O) groups excluding carboxylic acids is 1. The van der Waals surface area contributed by atoms with Crippen molar-refractivity contribution < 1.29 is 13.6 Å². The van der Waals surface area contributed by atoms with Gasteiger partial charge in [0.2, 0.25) is 5.91 Å². The van der Waals surface area contributed by atoms with Gasteiger partial charge in [-0.15, -0.1) is 12.4 Å². The van der Waals surface area contributed by atoms with Gasteiger partial charge in [-0.05, 0) is 67.8 Å². The summed E-state index contributed by atoms with van der Waals surface area (Å²) in [5, 5.41) is 3.44. The highest BCUT2D eigenvalue weighted by atomic mass is 35.5. The van der Waals surface area contributed by atoms with E-state index in [-0.39, 0.29) is 30.2 Å². The second-order valence-electron chi connectivity index (χ2n) is 7.20. The molecule has 2 aliphatic heterocycles. The van der Waals surface area contributed by atoms with Crippen LogP contribution in [-0.2, 0) is 4.79 Å². The summed E-state index contributed by atoms with van der Waals surface area (Å²) in [5.41, 5.74) is 0.748. The molecule has 132 valence electrons. The van der Waals surface area contributed by atoms with Crippen LogP contribution in [0, 0.1) is 29.4 Å². The van der Waals surface area contributed by atoms with Crippen molar-refractivity contribution in [2.75, 3.05) is 26.2 Å². The molecule has 24 heavy (non-hydrogen) atoms. The molecular formula is C18H23ClF2N2O. The van der Waals surface area contributed by atoms with Gasteiger partial charge in [-0.2, -0.15) is 0 Å². The maximum atomic E-state index is 13.4. The molecule has 4 rings (SSSR count). The Morgan fingerprint density at radius 1 is 1.08 bits per heavy atom. The molecule has 0 bridgehead atoms. The Morgan fingerprint density at radius 3 is 2.38 bits per heavy atom. The molecular weight excluding hydrogens is 334 g/mol. The number of hydrogen-bond acceptors (Lipinski definition) is 2. The van der Waals surface area contributed by atoms with Crippen molar-refractivity contribution in [3.8, 4) is 0 Å². The van der Waals surface area contributed by atoms with E-state index >= 15 is 0 Å². The molecule has 3 fully saturated rings. The van der Waals surface area contributed by atoms with Crippen molar-refractivity contribution in [1.29, 1.82) is 0 Å². The van der Waals surface area contributed by atoms with Gasteiger partial charge in [0.1, 0.15) is 0 Å². The summed E-state index contributed by atoms with van der Waals surface area (Å²) >= 11 is 0. The minimum absolute atomic E-state index is 0. The predicted octanol–water partition coefficient (Wildman–Crippen LogP) is 2.95. The average Bonchev–Trinajstić information content (AvgIpc) is 3.27. The number of rotatable bonds is 2. The zero-order valence-electron chi connectivity index (χ0n) is 13.5. The summed E-state index contributed by atoms with van der Waals surface area (Å²) in [4.78, 5) is 14.7.